The zero-order valence-electron chi connectivity index (χ0n) is 18.3. The van der Waals surface area contributed by atoms with Gasteiger partial charge in [0.25, 0.3) is 6.54 Å². The minimum atomic E-state index is -0.684. The van der Waals surface area contributed by atoms with Gasteiger partial charge < -0.3 is 28.2 Å². The monoisotopic (exact) mass is 455 g/mol. The van der Waals surface area contributed by atoms with Crippen LogP contribution in [-0.2, 0) is 42.7 Å². The summed E-state index contributed by atoms with van der Waals surface area (Å²) >= 11 is 0. The van der Waals surface area contributed by atoms with E-state index in [4.69, 9.17) is 22.0 Å². The normalized spacial score (nSPS) is 9.14. The molecule has 0 aliphatic heterocycles. The Morgan fingerprint density at radius 2 is 1.28 bits per heavy atom. The highest BCUT2D eigenvalue weighted by atomic mass is 28.2. The molecule has 0 aromatic carbocycles. The van der Waals surface area contributed by atoms with Gasteiger partial charge in [-0.25, -0.2) is 37.5 Å². The predicted octanol–water partition coefficient (Wildman–Crippen LogP) is -1.42. The molecule has 0 spiro atoms. The Kier molecular flexibility index (Phi) is 40.2. The van der Waals surface area contributed by atoms with Gasteiger partial charge in [-0.05, 0) is 0 Å². The Labute approximate surface area is 177 Å². The summed E-state index contributed by atoms with van der Waals surface area (Å²) in [6.45, 7) is 12.5. The summed E-state index contributed by atoms with van der Waals surface area (Å²) in [5, 5.41) is 0. The van der Waals surface area contributed by atoms with Crippen molar-refractivity contribution in [1.29, 1.82) is 0 Å². The molecule has 0 aliphatic rings. The van der Waals surface area contributed by atoms with Gasteiger partial charge in [0.1, 0.15) is 6.23 Å². The van der Waals surface area contributed by atoms with Gasteiger partial charge in [-0.2, -0.15) is 0 Å². The number of likely N-dealkylation sites (N-methyl/N-ethyl adjacent to an activating group) is 1. The summed E-state index contributed by atoms with van der Waals surface area (Å²) in [5.41, 5.74) is 0. The molecule has 12 nitrogen and oxygen atoms in total. The van der Waals surface area contributed by atoms with Crippen LogP contribution in [0.15, 0.2) is 0 Å². The van der Waals surface area contributed by atoms with Crippen molar-refractivity contribution in [3.05, 3.63) is 22.8 Å². The standard InChI is InChI=1S/C6H12N2O2Si.C5H9NO3Si.2C2H6O2/c1-7-4-6(9)8(2)5-11-10-3;1-6-3-5(7)9-4-10-8-2;2*1-3-4-2/h4-5,11H2,2-3H3;3-4,10H2,2H3;2*1-2H3. The molecule has 0 aliphatic carbocycles. The summed E-state index contributed by atoms with van der Waals surface area (Å²) < 4.78 is 14.3. The molecule has 0 fully saturated rings. The lowest BCUT2D eigenvalue weighted by molar-refractivity contribution is -0.248. The van der Waals surface area contributed by atoms with Crippen LogP contribution in [0.3, 0.4) is 0 Å². The SMILES string of the molecule is COOC.COOC.[C-]#[N+]CC(=O)N(C)C[SiH2]OC.[C-]#[N+]CC(=O)OC[SiH2]OC. The van der Waals surface area contributed by atoms with Gasteiger partial charge in [0.05, 0.1) is 28.4 Å². The molecule has 0 aromatic rings. The van der Waals surface area contributed by atoms with Crippen LogP contribution >= 0.6 is 0 Å². The van der Waals surface area contributed by atoms with E-state index in [0.717, 1.165) is 0 Å². The number of hydrogen-bond donors (Lipinski definition) is 0. The number of ether oxygens (including phenoxy) is 1. The Morgan fingerprint density at radius 1 is 0.828 bits per heavy atom. The lowest BCUT2D eigenvalue weighted by atomic mass is 10.6. The van der Waals surface area contributed by atoms with E-state index in [0.29, 0.717) is 12.4 Å². The van der Waals surface area contributed by atoms with E-state index in [1.807, 2.05) is 0 Å². The maximum atomic E-state index is 10.9. The molecule has 0 aromatic heterocycles. The number of hydrogen-bond acceptors (Lipinski definition) is 9. The van der Waals surface area contributed by atoms with Crippen LogP contribution < -0.4 is 0 Å². The first kappa shape index (κ1) is 34.6. The van der Waals surface area contributed by atoms with Gasteiger partial charge >= 0.3 is 18.4 Å². The zero-order chi connectivity index (χ0) is 23.3. The molecule has 170 valence electrons. The fourth-order valence-corrected chi connectivity index (χ4v) is 2.07. The Balaban J connectivity index is -0.000000159. The molecule has 0 saturated carbocycles. The summed E-state index contributed by atoms with van der Waals surface area (Å²) in [7, 11) is 9.48. The van der Waals surface area contributed by atoms with Crippen molar-refractivity contribution in [2.75, 3.05) is 75.2 Å². The van der Waals surface area contributed by atoms with Gasteiger partial charge in [0.15, 0.2) is 9.76 Å². The third-order valence-electron chi connectivity index (χ3n) is 2.36. The molecule has 0 N–H and O–H groups in total. The van der Waals surface area contributed by atoms with Crippen molar-refractivity contribution in [2.45, 2.75) is 0 Å². The van der Waals surface area contributed by atoms with Crippen molar-refractivity contribution >= 4 is 31.4 Å². The van der Waals surface area contributed by atoms with E-state index in [1.54, 1.807) is 26.2 Å². The van der Waals surface area contributed by atoms with E-state index in [9.17, 15) is 9.59 Å². The molecule has 1 amide bonds. The van der Waals surface area contributed by atoms with Crippen LogP contribution in [0.25, 0.3) is 9.69 Å². The first-order valence-corrected chi connectivity index (χ1v) is 11.2. The number of nitrogens with zero attached hydrogens (tertiary/aromatic N) is 3. The predicted molar refractivity (Wildman–Crippen MR) is 111 cm³/mol. The molecule has 0 atom stereocenters. The van der Waals surface area contributed by atoms with E-state index in [1.165, 1.54) is 28.4 Å². The first-order chi connectivity index (χ1) is 13.9. The van der Waals surface area contributed by atoms with Crippen LogP contribution in [0, 0.1) is 13.1 Å². The van der Waals surface area contributed by atoms with Gasteiger partial charge in [-0.3, -0.25) is 4.79 Å². The van der Waals surface area contributed by atoms with Gasteiger partial charge in [-0.1, -0.05) is 0 Å². The molecular formula is C15H33N3O9Si2. The summed E-state index contributed by atoms with van der Waals surface area (Å²) in [6, 6.07) is 0. The second kappa shape index (κ2) is 33.7. The highest BCUT2D eigenvalue weighted by Gasteiger charge is 2.09. The molecule has 0 saturated heterocycles. The van der Waals surface area contributed by atoms with Crippen LogP contribution in [0.5, 0.6) is 0 Å². The lowest BCUT2D eigenvalue weighted by Crippen LogP contribution is -2.32. The van der Waals surface area contributed by atoms with Gasteiger partial charge in [0, 0.05) is 27.4 Å². The second-order valence-electron chi connectivity index (χ2n) is 4.32. The topological polar surface area (TPSA) is 111 Å². The third kappa shape index (κ3) is 41.6. The second-order valence-corrected chi connectivity index (χ2v) is 7.15. The maximum Gasteiger partial charge on any atom is 0.386 e. The minimum absolute atomic E-state index is 0.0470. The quantitative estimate of drug-likeness (QED) is 0.0978. The summed E-state index contributed by atoms with van der Waals surface area (Å²) in [5.74, 6) is -0.580. The van der Waals surface area contributed by atoms with E-state index in [2.05, 4.69) is 34.0 Å². The van der Waals surface area contributed by atoms with Gasteiger partial charge in [-0.15, -0.1) is 0 Å². The number of esters is 1. The van der Waals surface area contributed by atoms with Crippen molar-refractivity contribution in [3.63, 3.8) is 0 Å². The average Bonchev–Trinajstić information content (AvgIpc) is 2.73. The first-order valence-electron chi connectivity index (χ1n) is 8.04. The number of amides is 1. The molecule has 0 radical (unpaired) electrons. The Morgan fingerprint density at radius 3 is 1.62 bits per heavy atom. The molecular weight excluding hydrogens is 422 g/mol. The Bertz CT molecular complexity index is 438. The minimum Gasteiger partial charge on any atom is -0.462 e. The van der Waals surface area contributed by atoms with Crippen LogP contribution in [0.2, 0.25) is 0 Å². The van der Waals surface area contributed by atoms with E-state index >= 15 is 0 Å². The van der Waals surface area contributed by atoms with E-state index < -0.39 is 25.5 Å². The van der Waals surface area contributed by atoms with Crippen molar-refractivity contribution in [1.82, 2.24) is 4.90 Å². The van der Waals surface area contributed by atoms with Gasteiger partial charge in [0.2, 0.25) is 9.76 Å². The van der Waals surface area contributed by atoms with Crippen LogP contribution in [0.1, 0.15) is 0 Å². The number of carbonyl (C=O) groups excluding carboxylic acids is 2. The zero-order valence-corrected chi connectivity index (χ0v) is 21.1. The Hall–Kier alpha value is -1.89. The highest BCUT2D eigenvalue weighted by molar-refractivity contribution is 6.27. The summed E-state index contributed by atoms with van der Waals surface area (Å²) in [6.07, 6.45) is 1.05. The number of rotatable bonds is 10. The molecule has 14 heteroatoms. The summed E-state index contributed by atoms with van der Waals surface area (Å²) in [4.78, 5) is 45.0. The average molecular weight is 456 g/mol. The lowest BCUT2D eigenvalue weighted by Gasteiger charge is -2.12. The largest absolute Gasteiger partial charge is 0.462 e. The number of carbonyl (C=O) groups is 2. The fourth-order valence-electron chi connectivity index (χ4n) is 0.890. The molecule has 0 unspecified atom stereocenters. The molecule has 0 rings (SSSR count). The van der Waals surface area contributed by atoms with Crippen molar-refractivity contribution in [2.24, 2.45) is 0 Å². The van der Waals surface area contributed by atoms with Crippen molar-refractivity contribution in [3.8, 4) is 0 Å². The smallest absolute Gasteiger partial charge is 0.386 e. The van der Waals surface area contributed by atoms with Crippen LogP contribution in [0.4, 0.5) is 0 Å². The fraction of sp³-hybridized carbons (Fsp3) is 0.733. The van der Waals surface area contributed by atoms with E-state index in [-0.39, 0.29) is 19.0 Å². The maximum absolute atomic E-state index is 10.9. The van der Waals surface area contributed by atoms with Crippen LogP contribution in [-0.4, -0.2) is 111 Å². The third-order valence-corrected chi connectivity index (χ3v) is 4.40. The molecule has 29 heavy (non-hydrogen) atoms. The molecule has 0 heterocycles. The molecule has 0 bridgehead atoms. The highest BCUT2D eigenvalue weighted by Crippen LogP contribution is 1.84. The van der Waals surface area contributed by atoms with Crippen molar-refractivity contribution < 1.29 is 42.7 Å².